The number of nitrogens with zero attached hydrogens (tertiary/aromatic N) is 2. The first kappa shape index (κ1) is 13.7. The van der Waals surface area contributed by atoms with E-state index in [4.69, 9.17) is 4.52 Å². The lowest BCUT2D eigenvalue weighted by Crippen LogP contribution is -2.30. The molecule has 0 amide bonds. The van der Waals surface area contributed by atoms with E-state index < -0.39 is 0 Å². The molecule has 0 spiro atoms. The average Bonchev–Trinajstić information content (AvgIpc) is 2.87. The second-order valence-corrected chi connectivity index (χ2v) is 4.36. The molecule has 2 rings (SSSR count). The first-order valence-electron chi connectivity index (χ1n) is 6.55. The van der Waals surface area contributed by atoms with Crippen molar-refractivity contribution in [1.29, 1.82) is 0 Å². The quantitative estimate of drug-likeness (QED) is 0.870. The molecule has 5 heteroatoms. The average molecular weight is 263 g/mol. The molecular weight excluding hydrogens is 245 g/mol. The maximum atomic E-state index is 13.6. The van der Waals surface area contributed by atoms with Crippen molar-refractivity contribution in [3.63, 3.8) is 0 Å². The summed E-state index contributed by atoms with van der Waals surface area (Å²) in [5.41, 5.74) is 0.369. The molecule has 1 unspecified atom stereocenters. The fourth-order valence-corrected chi connectivity index (χ4v) is 1.95. The number of halogens is 1. The van der Waals surface area contributed by atoms with Crippen LogP contribution in [-0.2, 0) is 6.42 Å². The Labute approximate surface area is 112 Å². The second-order valence-electron chi connectivity index (χ2n) is 4.36. The van der Waals surface area contributed by atoms with E-state index in [1.165, 1.54) is 6.07 Å². The van der Waals surface area contributed by atoms with Crippen LogP contribution in [0.15, 0.2) is 28.8 Å². The molecule has 1 aromatic carbocycles. The number of hydrogen-bond donors (Lipinski definition) is 1. The van der Waals surface area contributed by atoms with Gasteiger partial charge in [0.15, 0.2) is 0 Å². The van der Waals surface area contributed by atoms with E-state index in [1.807, 2.05) is 0 Å². The number of rotatable bonds is 6. The van der Waals surface area contributed by atoms with Crippen LogP contribution >= 0.6 is 0 Å². The van der Waals surface area contributed by atoms with Crippen LogP contribution in [-0.4, -0.2) is 22.7 Å². The highest BCUT2D eigenvalue weighted by molar-refractivity contribution is 5.54. The molecule has 19 heavy (non-hydrogen) atoms. The molecule has 1 heterocycles. The van der Waals surface area contributed by atoms with Gasteiger partial charge in [-0.15, -0.1) is 0 Å². The highest BCUT2D eigenvalue weighted by Gasteiger charge is 2.15. The number of hydrogen-bond acceptors (Lipinski definition) is 4. The Morgan fingerprint density at radius 1 is 1.32 bits per heavy atom. The second kappa shape index (κ2) is 6.43. The minimum absolute atomic E-state index is 0.305. The van der Waals surface area contributed by atoms with Crippen molar-refractivity contribution in [3.8, 4) is 11.4 Å². The molecule has 0 bridgehead atoms. The lowest BCUT2D eigenvalue weighted by molar-refractivity contribution is 0.355. The van der Waals surface area contributed by atoms with E-state index in [-0.39, 0.29) is 5.82 Å². The molecule has 1 N–H and O–H groups in total. The van der Waals surface area contributed by atoms with Gasteiger partial charge in [0.2, 0.25) is 11.7 Å². The lowest BCUT2D eigenvalue weighted by atomic mass is 10.1. The summed E-state index contributed by atoms with van der Waals surface area (Å²) in [5, 5.41) is 7.18. The van der Waals surface area contributed by atoms with Crippen molar-refractivity contribution >= 4 is 0 Å². The van der Waals surface area contributed by atoms with E-state index in [0.717, 1.165) is 13.0 Å². The van der Waals surface area contributed by atoms with Crippen LogP contribution in [0.5, 0.6) is 0 Å². The molecule has 0 aliphatic carbocycles. The van der Waals surface area contributed by atoms with Gasteiger partial charge in [0, 0.05) is 12.5 Å². The van der Waals surface area contributed by atoms with E-state index in [9.17, 15) is 4.39 Å². The lowest BCUT2D eigenvalue weighted by Gasteiger charge is -2.12. The standard InChI is InChI=1S/C14H18FN3O/c1-3-10(16-4-2)9-13-17-14(18-19-13)11-7-5-6-8-12(11)15/h5-8,10,16H,3-4,9H2,1-2H3. The van der Waals surface area contributed by atoms with Gasteiger partial charge in [0.25, 0.3) is 0 Å². The zero-order valence-electron chi connectivity index (χ0n) is 11.2. The van der Waals surface area contributed by atoms with Gasteiger partial charge in [-0.1, -0.05) is 31.1 Å². The maximum absolute atomic E-state index is 13.6. The van der Waals surface area contributed by atoms with E-state index in [0.29, 0.717) is 29.7 Å². The van der Waals surface area contributed by atoms with Crippen molar-refractivity contribution in [2.75, 3.05) is 6.54 Å². The molecule has 0 aliphatic rings. The Balaban J connectivity index is 2.13. The fourth-order valence-electron chi connectivity index (χ4n) is 1.95. The Hall–Kier alpha value is -1.75. The smallest absolute Gasteiger partial charge is 0.228 e. The van der Waals surface area contributed by atoms with Gasteiger partial charge in [-0.3, -0.25) is 0 Å². The van der Waals surface area contributed by atoms with Gasteiger partial charge in [0.1, 0.15) is 5.82 Å². The van der Waals surface area contributed by atoms with E-state index >= 15 is 0 Å². The van der Waals surface area contributed by atoms with Crippen molar-refractivity contribution in [1.82, 2.24) is 15.5 Å². The summed E-state index contributed by atoms with van der Waals surface area (Å²) in [7, 11) is 0. The number of aromatic nitrogens is 2. The zero-order chi connectivity index (χ0) is 13.7. The summed E-state index contributed by atoms with van der Waals surface area (Å²) >= 11 is 0. The Morgan fingerprint density at radius 2 is 2.11 bits per heavy atom. The van der Waals surface area contributed by atoms with Crippen LogP contribution < -0.4 is 5.32 Å². The molecule has 102 valence electrons. The van der Waals surface area contributed by atoms with Crippen molar-refractivity contribution in [3.05, 3.63) is 36.0 Å². The summed E-state index contributed by atoms with van der Waals surface area (Å²) in [6.45, 7) is 5.05. The van der Waals surface area contributed by atoms with Crippen LogP contribution in [0.1, 0.15) is 26.2 Å². The van der Waals surface area contributed by atoms with Gasteiger partial charge in [-0.2, -0.15) is 4.98 Å². The predicted octanol–water partition coefficient (Wildman–Crippen LogP) is 2.81. The number of benzene rings is 1. The summed E-state index contributed by atoms with van der Waals surface area (Å²) in [4.78, 5) is 4.25. The van der Waals surface area contributed by atoms with Crippen LogP contribution in [0.2, 0.25) is 0 Å². The SMILES string of the molecule is CCNC(CC)Cc1nc(-c2ccccc2F)no1. The van der Waals surface area contributed by atoms with Crippen LogP contribution in [0.4, 0.5) is 4.39 Å². The number of likely N-dealkylation sites (N-methyl/N-ethyl adjacent to an activating group) is 1. The van der Waals surface area contributed by atoms with Gasteiger partial charge in [-0.05, 0) is 25.1 Å². The first-order valence-corrected chi connectivity index (χ1v) is 6.55. The molecule has 4 nitrogen and oxygen atoms in total. The van der Waals surface area contributed by atoms with Crippen molar-refractivity contribution in [2.45, 2.75) is 32.7 Å². The predicted molar refractivity (Wildman–Crippen MR) is 71.2 cm³/mol. The third-order valence-corrected chi connectivity index (χ3v) is 2.99. The minimum atomic E-state index is -0.339. The third kappa shape index (κ3) is 3.38. The Kier molecular flexibility index (Phi) is 4.63. The highest BCUT2D eigenvalue weighted by atomic mass is 19.1. The summed E-state index contributed by atoms with van der Waals surface area (Å²) in [5.74, 6) is 0.499. The van der Waals surface area contributed by atoms with Crippen LogP contribution in [0, 0.1) is 5.82 Å². The van der Waals surface area contributed by atoms with Crippen molar-refractivity contribution < 1.29 is 8.91 Å². The fraction of sp³-hybridized carbons (Fsp3) is 0.429. The highest BCUT2D eigenvalue weighted by Crippen LogP contribution is 2.19. The minimum Gasteiger partial charge on any atom is -0.339 e. The first-order chi connectivity index (χ1) is 9.24. The Bertz CT molecular complexity index is 527. The van der Waals surface area contributed by atoms with Crippen molar-refractivity contribution in [2.24, 2.45) is 0 Å². The summed E-state index contributed by atoms with van der Waals surface area (Å²) < 4.78 is 18.8. The van der Waals surface area contributed by atoms with Gasteiger partial charge in [0.05, 0.1) is 5.56 Å². The van der Waals surface area contributed by atoms with Gasteiger partial charge < -0.3 is 9.84 Å². The molecule has 0 aliphatic heterocycles. The van der Waals surface area contributed by atoms with E-state index in [2.05, 4.69) is 29.3 Å². The molecular formula is C14H18FN3O. The van der Waals surface area contributed by atoms with Gasteiger partial charge in [-0.25, -0.2) is 4.39 Å². The monoisotopic (exact) mass is 263 g/mol. The molecule has 1 atom stereocenters. The molecule has 0 saturated heterocycles. The topological polar surface area (TPSA) is 51.0 Å². The van der Waals surface area contributed by atoms with Gasteiger partial charge >= 0.3 is 0 Å². The van der Waals surface area contributed by atoms with Crippen LogP contribution in [0.25, 0.3) is 11.4 Å². The third-order valence-electron chi connectivity index (χ3n) is 2.99. The molecule has 2 aromatic rings. The molecule has 0 saturated carbocycles. The summed E-state index contributed by atoms with van der Waals surface area (Å²) in [6, 6.07) is 6.73. The van der Waals surface area contributed by atoms with Crippen LogP contribution in [0.3, 0.4) is 0 Å². The molecule has 0 radical (unpaired) electrons. The number of nitrogens with one attached hydrogen (secondary N) is 1. The Morgan fingerprint density at radius 3 is 2.79 bits per heavy atom. The maximum Gasteiger partial charge on any atom is 0.228 e. The summed E-state index contributed by atoms with van der Waals surface area (Å²) in [6.07, 6.45) is 1.64. The molecule has 1 aromatic heterocycles. The van der Waals surface area contributed by atoms with E-state index in [1.54, 1.807) is 18.2 Å². The normalized spacial score (nSPS) is 12.6. The zero-order valence-corrected chi connectivity index (χ0v) is 11.2. The molecule has 0 fully saturated rings. The largest absolute Gasteiger partial charge is 0.339 e.